The average molecular weight is 355 g/mol. The van der Waals surface area contributed by atoms with Gasteiger partial charge in [-0.2, -0.15) is 0 Å². The maximum atomic E-state index is 11.3. The monoisotopic (exact) mass is 354 g/mol. The largest absolute Gasteiger partial charge is 0.317 e. The van der Waals surface area contributed by atoms with Crippen LogP contribution < -0.4 is 5.32 Å². The molecule has 0 amide bonds. The predicted octanol–water partition coefficient (Wildman–Crippen LogP) is 4.31. The molecule has 3 unspecified atom stereocenters. The zero-order valence-electron chi connectivity index (χ0n) is 12.6. The van der Waals surface area contributed by atoms with Crippen molar-refractivity contribution in [2.24, 2.45) is 11.8 Å². The minimum absolute atomic E-state index is 0.234. The molecule has 1 aromatic carbocycles. The summed E-state index contributed by atoms with van der Waals surface area (Å²) in [5.41, 5.74) is 1.09. The SMILES string of the molecule is CCC1CCC(NC)C(Cc2ccc(Br)cc2[N+](=O)[O-])C1. The summed E-state index contributed by atoms with van der Waals surface area (Å²) in [7, 11) is 2.00. The van der Waals surface area contributed by atoms with Crippen LogP contribution >= 0.6 is 15.9 Å². The molecular weight excluding hydrogens is 332 g/mol. The van der Waals surface area contributed by atoms with Crippen molar-refractivity contribution in [1.82, 2.24) is 5.32 Å². The van der Waals surface area contributed by atoms with Gasteiger partial charge in [0.05, 0.1) is 4.92 Å². The second-order valence-electron chi connectivity index (χ2n) is 5.98. The van der Waals surface area contributed by atoms with Gasteiger partial charge in [0.1, 0.15) is 0 Å². The van der Waals surface area contributed by atoms with Crippen molar-refractivity contribution in [2.75, 3.05) is 7.05 Å². The fourth-order valence-electron chi connectivity index (χ4n) is 3.50. The molecule has 1 aliphatic rings. The Hall–Kier alpha value is -0.940. The van der Waals surface area contributed by atoms with E-state index < -0.39 is 0 Å². The summed E-state index contributed by atoms with van der Waals surface area (Å²) in [5, 5.41) is 14.7. The normalized spacial score (nSPS) is 25.8. The molecule has 1 aromatic rings. The molecule has 0 saturated heterocycles. The summed E-state index contributed by atoms with van der Waals surface area (Å²) >= 11 is 3.32. The number of benzene rings is 1. The summed E-state index contributed by atoms with van der Waals surface area (Å²) in [6, 6.07) is 5.88. The molecule has 0 spiro atoms. The van der Waals surface area contributed by atoms with Gasteiger partial charge in [-0.1, -0.05) is 35.3 Å². The number of halogens is 1. The molecule has 1 aliphatic carbocycles. The average Bonchev–Trinajstić information content (AvgIpc) is 2.48. The van der Waals surface area contributed by atoms with Crippen molar-refractivity contribution in [3.05, 3.63) is 38.3 Å². The van der Waals surface area contributed by atoms with Crippen LogP contribution in [0, 0.1) is 22.0 Å². The molecule has 0 radical (unpaired) electrons. The molecule has 2 rings (SSSR count). The molecular formula is C16H23BrN2O2. The Morgan fingerprint density at radius 3 is 2.81 bits per heavy atom. The first kappa shape index (κ1) is 16.4. The fourth-order valence-corrected chi connectivity index (χ4v) is 3.85. The van der Waals surface area contributed by atoms with Crippen molar-refractivity contribution >= 4 is 21.6 Å². The fraction of sp³-hybridized carbons (Fsp3) is 0.625. The number of nitrogens with zero attached hydrogens (tertiary/aromatic N) is 1. The molecule has 4 nitrogen and oxygen atoms in total. The van der Waals surface area contributed by atoms with Crippen molar-refractivity contribution < 1.29 is 4.92 Å². The summed E-state index contributed by atoms with van der Waals surface area (Å²) < 4.78 is 0.762. The Bertz CT molecular complexity index is 507. The van der Waals surface area contributed by atoms with Crippen LogP contribution in [-0.4, -0.2) is 18.0 Å². The molecule has 0 bridgehead atoms. The highest BCUT2D eigenvalue weighted by Crippen LogP contribution is 2.35. The van der Waals surface area contributed by atoms with Crippen LogP contribution in [0.4, 0.5) is 5.69 Å². The minimum Gasteiger partial charge on any atom is -0.317 e. The van der Waals surface area contributed by atoms with Crippen LogP contribution in [0.1, 0.15) is 38.2 Å². The second-order valence-corrected chi connectivity index (χ2v) is 6.89. The van der Waals surface area contributed by atoms with E-state index in [1.54, 1.807) is 6.07 Å². The molecule has 0 aliphatic heterocycles. The Morgan fingerprint density at radius 1 is 1.43 bits per heavy atom. The van der Waals surface area contributed by atoms with E-state index in [2.05, 4.69) is 28.2 Å². The van der Waals surface area contributed by atoms with E-state index in [1.807, 2.05) is 19.2 Å². The molecule has 0 aromatic heterocycles. The third-order valence-corrected chi connectivity index (χ3v) is 5.26. The lowest BCUT2D eigenvalue weighted by Crippen LogP contribution is -2.39. The first-order valence-electron chi connectivity index (χ1n) is 7.65. The topological polar surface area (TPSA) is 55.2 Å². The zero-order valence-corrected chi connectivity index (χ0v) is 14.2. The standard InChI is InChI=1S/C16H23BrN2O2/c1-3-11-4-7-15(18-2)13(8-11)9-12-5-6-14(17)10-16(12)19(20)21/h5-6,10-11,13,15,18H,3-4,7-9H2,1-2H3. The van der Waals surface area contributed by atoms with Crippen molar-refractivity contribution in [3.8, 4) is 0 Å². The van der Waals surface area contributed by atoms with Gasteiger partial charge < -0.3 is 5.32 Å². The first-order chi connectivity index (χ1) is 10.0. The van der Waals surface area contributed by atoms with E-state index in [0.29, 0.717) is 12.0 Å². The minimum atomic E-state index is -0.269. The highest BCUT2D eigenvalue weighted by atomic mass is 79.9. The van der Waals surface area contributed by atoms with E-state index in [-0.39, 0.29) is 10.6 Å². The Balaban J connectivity index is 2.20. The molecule has 1 fully saturated rings. The van der Waals surface area contributed by atoms with Crippen LogP contribution in [-0.2, 0) is 6.42 Å². The van der Waals surface area contributed by atoms with Crippen LogP contribution in [0.5, 0.6) is 0 Å². The Labute approximate surface area is 134 Å². The molecule has 1 saturated carbocycles. The quantitative estimate of drug-likeness (QED) is 0.632. The van der Waals surface area contributed by atoms with Gasteiger partial charge in [0.15, 0.2) is 0 Å². The Morgan fingerprint density at radius 2 is 2.19 bits per heavy atom. The van der Waals surface area contributed by atoms with Crippen molar-refractivity contribution in [3.63, 3.8) is 0 Å². The number of nitro benzene ring substituents is 1. The molecule has 1 N–H and O–H groups in total. The summed E-state index contributed by atoms with van der Waals surface area (Å²) in [6.07, 6.45) is 5.58. The smallest absolute Gasteiger partial charge is 0.273 e. The summed E-state index contributed by atoms with van der Waals surface area (Å²) in [5.74, 6) is 1.24. The highest BCUT2D eigenvalue weighted by Gasteiger charge is 2.30. The molecule has 116 valence electrons. The summed E-state index contributed by atoms with van der Waals surface area (Å²) in [4.78, 5) is 11.0. The van der Waals surface area contributed by atoms with E-state index in [0.717, 1.165) is 28.8 Å². The van der Waals surface area contributed by atoms with Gasteiger partial charge >= 0.3 is 0 Å². The lowest BCUT2D eigenvalue weighted by Gasteiger charge is -2.36. The van der Waals surface area contributed by atoms with Gasteiger partial charge in [-0.3, -0.25) is 10.1 Å². The van der Waals surface area contributed by atoms with Gasteiger partial charge in [0.25, 0.3) is 5.69 Å². The lowest BCUT2D eigenvalue weighted by molar-refractivity contribution is -0.385. The van der Waals surface area contributed by atoms with Gasteiger partial charge in [0, 0.05) is 22.1 Å². The number of hydrogen-bond acceptors (Lipinski definition) is 3. The van der Waals surface area contributed by atoms with Gasteiger partial charge in [-0.25, -0.2) is 0 Å². The van der Waals surface area contributed by atoms with Gasteiger partial charge in [-0.05, 0) is 50.6 Å². The van der Waals surface area contributed by atoms with Gasteiger partial charge in [0.2, 0.25) is 0 Å². The van der Waals surface area contributed by atoms with Crippen LogP contribution in [0.25, 0.3) is 0 Å². The zero-order chi connectivity index (χ0) is 15.4. The van der Waals surface area contributed by atoms with E-state index in [9.17, 15) is 10.1 Å². The predicted molar refractivity (Wildman–Crippen MR) is 88.5 cm³/mol. The molecule has 21 heavy (non-hydrogen) atoms. The molecule has 5 heteroatoms. The maximum Gasteiger partial charge on any atom is 0.273 e. The van der Waals surface area contributed by atoms with Gasteiger partial charge in [-0.15, -0.1) is 0 Å². The Kier molecular flexibility index (Phi) is 5.76. The number of rotatable bonds is 5. The van der Waals surface area contributed by atoms with Crippen molar-refractivity contribution in [2.45, 2.75) is 45.1 Å². The number of hydrogen-bond donors (Lipinski definition) is 1. The van der Waals surface area contributed by atoms with Crippen LogP contribution in [0.15, 0.2) is 22.7 Å². The van der Waals surface area contributed by atoms with E-state index in [1.165, 1.54) is 19.3 Å². The molecule has 0 heterocycles. The van der Waals surface area contributed by atoms with Crippen molar-refractivity contribution in [1.29, 1.82) is 0 Å². The first-order valence-corrected chi connectivity index (χ1v) is 8.44. The maximum absolute atomic E-state index is 11.3. The second kappa shape index (κ2) is 7.36. The third kappa shape index (κ3) is 4.04. The highest BCUT2D eigenvalue weighted by molar-refractivity contribution is 9.10. The lowest BCUT2D eigenvalue weighted by atomic mass is 9.74. The summed E-state index contributed by atoms with van der Waals surface area (Å²) in [6.45, 7) is 2.24. The number of nitrogens with one attached hydrogen (secondary N) is 1. The molecule has 3 atom stereocenters. The van der Waals surface area contributed by atoms with E-state index >= 15 is 0 Å². The van der Waals surface area contributed by atoms with Crippen LogP contribution in [0.2, 0.25) is 0 Å². The number of nitro groups is 1. The van der Waals surface area contributed by atoms with E-state index in [4.69, 9.17) is 0 Å². The third-order valence-electron chi connectivity index (χ3n) is 4.77. The van der Waals surface area contributed by atoms with Crippen LogP contribution in [0.3, 0.4) is 0 Å².